The lowest BCUT2D eigenvalue weighted by Gasteiger charge is -2.06. The van der Waals surface area contributed by atoms with Crippen LogP contribution in [0.15, 0.2) is 18.2 Å². The van der Waals surface area contributed by atoms with E-state index in [1.165, 1.54) is 0 Å². The summed E-state index contributed by atoms with van der Waals surface area (Å²) in [6.07, 6.45) is 0.0692. The summed E-state index contributed by atoms with van der Waals surface area (Å²) in [6.45, 7) is -0.149. The molecule has 3 nitrogen and oxygen atoms in total. The topological polar surface area (TPSA) is 46.5 Å². The molecule has 16 heavy (non-hydrogen) atoms. The molecule has 2 rings (SSSR count). The van der Waals surface area contributed by atoms with Gasteiger partial charge in [-0.05, 0) is 17.7 Å². The summed E-state index contributed by atoms with van der Waals surface area (Å²) in [4.78, 5) is 11.5. The van der Waals surface area contributed by atoms with Crippen molar-refractivity contribution in [3.63, 3.8) is 0 Å². The van der Waals surface area contributed by atoms with Crippen molar-refractivity contribution in [2.24, 2.45) is 0 Å². The number of hydrogen-bond acceptors (Lipinski definition) is 3. The zero-order valence-corrected chi connectivity index (χ0v) is 9.83. The van der Waals surface area contributed by atoms with Crippen LogP contribution >= 0.6 is 23.2 Å². The molecule has 2 atom stereocenters. The Balaban J connectivity index is 2.24. The number of aliphatic hydroxyl groups is 1. The van der Waals surface area contributed by atoms with E-state index in [9.17, 15) is 4.79 Å². The number of aliphatic hydroxyl groups excluding tert-OH is 1. The molecule has 0 saturated carbocycles. The van der Waals surface area contributed by atoms with Crippen molar-refractivity contribution >= 4 is 29.2 Å². The van der Waals surface area contributed by atoms with E-state index < -0.39 is 6.10 Å². The Labute approximate surface area is 103 Å². The van der Waals surface area contributed by atoms with Gasteiger partial charge in [0.25, 0.3) is 0 Å². The molecule has 0 aliphatic carbocycles. The zero-order valence-electron chi connectivity index (χ0n) is 8.32. The predicted octanol–water partition coefficient (Wildman–Crippen LogP) is 2.38. The monoisotopic (exact) mass is 260 g/mol. The van der Waals surface area contributed by atoms with Crippen LogP contribution in [0.3, 0.4) is 0 Å². The highest BCUT2D eigenvalue weighted by molar-refractivity contribution is 6.42. The third-order valence-electron chi connectivity index (χ3n) is 2.62. The van der Waals surface area contributed by atoms with E-state index in [4.69, 9.17) is 33.0 Å². The summed E-state index contributed by atoms with van der Waals surface area (Å²) in [5.74, 6) is -0.677. The highest BCUT2D eigenvalue weighted by Crippen LogP contribution is 2.33. The van der Waals surface area contributed by atoms with Gasteiger partial charge in [-0.25, -0.2) is 0 Å². The number of carbonyl (C=O) groups is 1. The predicted molar refractivity (Wildman–Crippen MR) is 60.8 cm³/mol. The van der Waals surface area contributed by atoms with Crippen molar-refractivity contribution in [2.75, 3.05) is 6.61 Å². The van der Waals surface area contributed by atoms with Crippen LogP contribution in [0.25, 0.3) is 0 Å². The van der Waals surface area contributed by atoms with Crippen LogP contribution < -0.4 is 0 Å². The Morgan fingerprint density at radius 3 is 2.69 bits per heavy atom. The van der Waals surface area contributed by atoms with Gasteiger partial charge in [-0.2, -0.15) is 0 Å². The molecule has 1 heterocycles. The van der Waals surface area contributed by atoms with Crippen LogP contribution in [0.5, 0.6) is 0 Å². The van der Waals surface area contributed by atoms with E-state index >= 15 is 0 Å². The quantitative estimate of drug-likeness (QED) is 0.831. The van der Waals surface area contributed by atoms with Crippen LogP contribution in [-0.2, 0) is 9.53 Å². The van der Waals surface area contributed by atoms with Crippen molar-refractivity contribution in [3.05, 3.63) is 33.8 Å². The maximum Gasteiger partial charge on any atom is 0.313 e. The number of benzene rings is 1. The third-order valence-corrected chi connectivity index (χ3v) is 3.35. The number of rotatable bonds is 2. The van der Waals surface area contributed by atoms with Gasteiger partial charge in [0.2, 0.25) is 0 Å². The summed E-state index contributed by atoms with van der Waals surface area (Å²) in [5, 5.41) is 9.79. The highest BCUT2D eigenvalue weighted by Gasteiger charge is 2.35. The summed E-state index contributed by atoms with van der Waals surface area (Å²) in [7, 11) is 0. The second kappa shape index (κ2) is 4.62. The molecule has 1 N–H and O–H groups in total. The molecule has 1 aromatic rings. The fourth-order valence-electron chi connectivity index (χ4n) is 1.77. The second-order valence-electron chi connectivity index (χ2n) is 3.70. The fourth-order valence-corrected chi connectivity index (χ4v) is 2.07. The maximum atomic E-state index is 11.5. The van der Waals surface area contributed by atoms with Crippen LogP contribution in [0.2, 0.25) is 10.0 Å². The van der Waals surface area contributed by atoms with Gasteiger partial charge in [-0.1, -0.05) is 29.3 Å². The minimum Gasteiger partial charge on any atom is -0.459 e. The molecule has 86 valence electrons. The Hall–Kier alpha value is -0.770. The third kappa shape index (κ3) is 2.17. The van der Waals surface area contributed by atoms with Gasteiger partial charge in [-0.15, -0.1) is 0 Å². The van der Waals surface area contributed by atoms with Gasteiger partial charge in [0.15, 0.2) is 0 Å². The Morgan fingerprint density at radius 2 is 2.12 bits per heavy atom. The Bertz CT molecular complexity index is 420. The molecule has 1 saturated heterocycles. The van der Waals surface area contributed by atoms with E-state index in [1.54, 1.807) is 18.2 Å². The van der Waals surface area contributed by atoms with E-state index in [2.05, 4.69) is 0 Å². The first-order valence-electron chi connectivity index (χ1n) is 4.88. The normalized spacial score (nSPS) is 24.6. The maximum absolute atomic E-state index is 11.5. The molecule has 1 aliphatic heterocycles. The summed E-state index contributed by atoms with van der Waals surface area (Å²) < 4.78 is 4.98. The SMILES string of the molecule is O=C1OC(CO)CC1c1ccc(Cl)c(Cl)c1. The van der Waals surface area contributed by atoms with E-state index in [1.807, 2.05) is 0 Å². The minimum atomic E-state index is -0.410. The molecule has 0 spiro atoms. The highest BCUT2D eigenvalue weighted by atomic mass is 35.5. The summed E-state index contributed by atoms with van der Waals surface area (Å²) in [6, 6.07) is 5.06. The summed E-state index contributed by atoms with van der Waals surface area (Å²) in [5.41, 5.74) is 0.773. The molecule has 0 amide bonds. The number of esters is 1. The number of ether oxygens (including phenoxy) is 1. The molecular weight excluding hydrogens is 251 g/mol. The van der Waals surface area contributed by atoms with Crippen molar-refractivity contribution < 1.29 is 14.6 Å². The average molecular weight is 261 g/mol. The first-order valence-corrected chi connectivity index (χ1v) is 5.63. The van der Waals surface area contributed by atoms with Gasteiger partial charge in [-0.3, -0.25) is 4.79 Å². The van der Waals surface area contributed by atoms with Crippen molar-refractivity contribution in [3.8, 4) is 0 Å². The molecule has 1 fully saturated rings. The van der Waals surface area contributed by atoms with E-state index in [-0.39, 0.29) is 18.5 Å². The number of halogens is 2. The molecule has 1 aromatic carbocycles. The van der Waals surface area contributed by atoms with Gasteiger partial charge in [0.05, 0.1) is 22.6 Å². The lowest BCUT2D eigenvalue weighted by molar-refractivity contribution is -0.143. The molecule has 1 aliphatic rings. The van der Waals surface area contributed by atoms with Crippen LogP contribution in [0, 0.1) is 0 Å². The fraction of sp³-hybridized carbons (Fsp3) is 0.364. The molecule has 0 radical (unpaired) electrons. The zero-order chi connectivity index (χ0) is 11.7. The van der Waals surface area contributed by atoms with Crippen molar-refractivity contribution in [2.45, 2.75) is 18.4 Å². The molecule has 5 heteroatoms. The average Bonchev–Trinajstić information content (AvgIpc) is 2.64. The van der Waals surface area contributed by atoms with E-state index in [0.29, 0.717) is 16.5 Å². The van der Waals surface area contributed by atoms with Gasteiger partial charge in [0.1, 0.15) is 6.10 Å². The Kier molecular flexibility index (Phi) is 3.38. The van der Waals surface area contributed by atoms with Crippen LogP contribution in [0.4, 0.5) is 0 Å². The van der Waals surface area contributed by atoms with Crippen LogP contribution in [-0.4, -0.2) is 23.8 Å². The first kappa shape index (κ1) is 11.7. The minimum absolute atomic E-state index is 0.149. The van der Waals surface area contributed by atoms with Crippen molar-refractivity contribution in [1.29, 1.82) is 0 Å². The smallest absolute Gasteiger partial charge is 0.313 e. The Morgan fingerprint density at radius 1 is 1.38 bits per heavy atom. The summed E-state index contributed by atoms with van der Waals surface area (Å²) >= 11 is 11.7. The second-order valence-corrected chi connectivity index (χ2v) is 4.52. The molecular formula is C11H10Cl2O3. The van der Waals surface area contributed by atoms with Gasteiger partial charge < -0.3 is 9.84 Å². The lowest BCUT2D eigenvalue weighted by Crippen LogP contribution is -2.10. The standard InChI is InChI=1S/C11H10Cl2O3/c12-9-2-1-6(3-10(9)13)8-4-7(5-14)16-11(8)15/h1-3,7-8,14H,4-5H2. The number of carbonyl (C=O) groups excluding carboxylic acids is 1. The largest absolute Gasteiger partial charge is 0.459 e. The van der Waals surface area contributed by atoms with Crippen molar-refractivity contribution in [1.82, 2.24) is 0 Å². The molecule has 0 aromatic heterocycles. The van der Waals surface area contributed by atoms with Gasteiger partial charge in [0, 0.05) is 6.42 Å². The van der Waals surface area contributed by atoms with Crippen LogP contribution in [0.1, 0.15) is 17.9 Å². The lowest BCUT2D eigenvalue weighted by atomic mass is 9.96. The molecule has 0 bridgehead atoms. The number of hydrogen-bond donors (Lipinski definition) is 1. The van der Waals surface area contributed by atoms with Gasteiger partial charge >= 0.3 is 5.97 Å². The molecule has 2 unspecified atom stereocenters. The van der Waals surface area contributed by atoms with E-state index in [0.717, 1.165) is 5.56 Å². The first-order chi connectivity index (χ1) is 7.61. The number of cyclic esters (lactones) is 1.